The number of rotatable bonds is 3. The second-order valence-corrected chi connectivity index (χ2v) is 8.82. The lowest BCUT2D eigenvalue weighted by atomic mass is 9.90. The number of fused-ring (bicyclic) bond motifs is 2. The highest BCUT2D eigenvalue weighted by Crippen LogP contribution is 2.27. The zero-order valence-electron chi connectivity index (χ0n) is 19.9. The van der Waals surface area contributed by atoms with Gasteiger partial charge in [-0.2, -0.15) is 0 Å². The third-order valence-electron chi connectivity index (χ3n) is 6.77. The van der Waals surface area contributed by atoms with Gasteiger partial charge in [-0.25, -0.2) is 0 Å². The summed E-state index contributed by atoms with van der Waals surface area (Å²) in [5.41, 5.74) is 0.357. The van der Waals surface area contributed by atoms with Gasteiger partial charge in [-0.05, 0) is 37.2 Å². The normalized spacial score (nSPS) is 20.2. The van der Waals surface area contributed by atoms with Crippen LogP contribution in [0.15, 0.2) is 41.3 Å². The molecule has 182 valence electrons. The maximum Gasteiger partial charge on any atom is 0.276 e. The van der Waals surface area contributed by atoms with E-state index in [2.05, 4.69) is 12.1 Å². The molecule has 8 nitrogen and oxygen atoms in total. The number of carbonyl (C=O) groups is 2. The third-order valence-corrected chi connectivity index (χ3v) is 6.77. The van der Waals surface area contributed by atoms with Gasteiger partial charge in [0.2, 0.25) is 5.43 Å². The molecule has 0 saturated carbocycles. The Hall–Kier alpha value is -3.13. The maximum atomic E-state index is 13.2. The molecule has 2 amide bonds. The van der Waals surface area contributed by atoms with Crippen molar-refractivity contribution in [2.45, 2.75) is 52.3 Å². The number of likely N-dealkylation sites (tertiary alicyclic amines) is 1. The standard InChI is InChI=1S/C24H27N3O5.C2H6/c28-21-18(14-26-15-19-27(9-4-12-32-19)24(31)20(26)22(21)29)23(30)25-10-7-17(8-11-25)13-16-5-2-1-3-6-16;1-2/h1-3,5-6,14,17,19,29H,4,7-13,15H2;1-2H3. The Labute approximate surface area is 199 Å². The first kappa shape index (κ1) is 24.0. The van der Waals surface area contributed by atoms with E-state index < -0.39 is 29.2 Å². The minimum atomic E-state index is -0.780. The number of carbonyl (C=O) groups excluding carboxylic acids is 2. The Morgan fingerprint density at radius 1 is 1.09 bits per heavy atom. The van der Waals surface area contributed by atoms with Crippen molar-refractivity contribution < 1.29 is 19.4 Å². The number of benzene rings is 1. The summed E-state index contributed by atoms with van der Waals surface area (Å²) in [6, 6.07) is 10.3. The first-order chi connectivity index (χ1) is 16.5. The maximum absolute atomic E-state index is 13.2. The van der Waals surface area contributed by atoms with E-state index >= 15 is 0 Å². The summed E-state index contributed by atoms with van der Waals surface area (Å²) in [7, 11) is 0. The summed E-state index contributed by atoms with van der Waals surface area (Å²) < 4.78 is 7.19. The Morgan fingerprint density at radius 2 is 1.79 bits per heavy atom. The molecule has 4 heterocycles. The smallest absolute Gasteiger partial charge is 0.276 e. The van der Waals surface area contributed by atoms with Gasteiger partial charge in [-0.15, -0.1) is 0 Å². The summed E-state index contributed by atoms with van der Waals surface area (Å²) in [5.74, 6) is -0.982. The minimum Gasteiger partial charge on any atom is -0.503 e. The topological polar surface area (TPSA) is 92.1 Å². The van der Waals surface area contributed by atoms with Gasteiger partial charge < -0.3 is 24.2 Å². The van der Waals surface area contributed by atoms with Gasteiger partial charge in [0.05, 0.1) is 13.2 Å². The van der Waals surface area contributed by atoms with Crippen molar-refractivity contribution in [3.05, 3.63) is 63.6 Å². The highest BCUT2D eigenvalue weighted by atomic mass is 16.5. The van der Waals surface area contributed by atoms with Crippen LogP contribution in [-0.2, 0) is 17.7 Å². The largest absolute Gasteiger partial charge is 0.503 e. The van der Waals surface area contributed by atoms with Crippen LogP contribution in [0.5, 0.6) is 5.75 Å². The van der Waals surface area contributed by atoms with Gasteiger partial charge >= 0.3 is 0 Å². The molecule has 1 N–H and O–H groups in total. The van der Waals surface area contributed by atoms with Gasteiger partial charge in [-0.3, -0.25) is 14.4 Å². The average molecular weight is 468 g/mol. The predicted octanol–water partition coefficient (Wildman–Crippen LogP) is 2.88. The molecule has 2 saturated heterocycles. The molecular formula is C26H33N3O5. The minimum absolute atomic E-state index is 0.0603. The molecule has 2 fully saturated rings. The molecule has 0 bridgehead atoms. The lowest BCUT2D eigenvalue weighted by Gasteiger charge is -2.40. The molecule has 1 atom stereocenters. The van der Waals surface area contributed by atoms with Crippen molar-refractivity contribution in [2.75, 3.05) is 26.2 Å². The van der Waals surface area contributed by atoms with Crippen LogP contribution in [0.1, 0.15) is 59.5 Å². The van der Waals surface area contributed by atoms with Crippen molar-refractivity contribution in [2.24, 2.45) is 5.92 Å². The van der Waals surface area contributed by atoms with Crippen molar-refractivity contribution in [1.82, 2.24) is 14.4 Å². The van der Waals surface area contributed by atoms with Crippen LogP contribution >= 0.6 is 0 Å². The summed E-state index contributed by atoms with van der Waals surface area (Å²) in [6.45, 7) is 6.50. The lowest BCUT2D eigenvalue weighted by molar-refractivity contribution is -0.0920. The number of pyridine rings is 1. The number of nitrogens with zero attached hydrogens (tertiary/aromatic N) is 3. The molecule has 1 aromatic carbocycles. The van der Waals surface area contributed by atoms with E-state index in [1.54, 1.807) is 4.90 Å². The molecule has 3 aliphatic rings. The quantitative estimate of drug-likeness (QED) is 0.750. The number of hydrogen-bond donors (Lipinski definition) is 1. The monoisotopic (exact) mass is 467 g/mol. The Kier molecular flexibility index (Phi) is 7.36. The molecule has 8 heteroatoms. The number of amides is 2. The van der Waals surface area contributed by atoms with Gasteiger partial charge in [0.25, 0.3) is 11.8 Å². The molecule has 2 aromatic rings. The summed E-state index contributed by atoms with van der Waals surface area (Å²) >= 11 is 0. The van der Waals surface area contributed by atoms with Crippen LogP contribution in [0.4, 0.5) is 0 Å². The van der Waals surface area contributed by atoms with Gasteiger partial charge in [0, 0.05) is 25.8 Å². The second kappa shape index (κ2) is 10.4. The molecule has 3 aliphatic heterocycles. The Balaban J connectivity index is 0.00000133. The van der Waals surface area contributed by atoms with E-state index in [0.717, 1.165) is 19.3 Å². The first-order valence-corrected chi connectivity index (χ1v) is 12.2. The van der Waals surface area contributed by atoms with Gasteiger partial charge in [0.15, 0.2) is 17.7 Å². The highest BCUT2D eigenvalue weighted by Gasteiger charge is 2.38. The number of aromatic nitrogens is 1. The number of hydrogen-bond acceptors (Lipinski definition) is 5. The summed E-state index contributed by atoms with van der Waals surface area (Å²) in [6.07, 6.45) is 4.39. The van der Waals surface area contributed by atoms with Crippen molar-refractivity contribution >= 4 is 11.8 Å². The van der Waals surface area contributed by atoms with E-state index in [9.17, 15) is 19.5 Å². The Bertz CT molecular complexity index is 1090. The fraction of sp³-hybridized carbons (Fsp3) is 0.500. The first-order valence-electron chi connectivity index (χ1n) is 12.2. The van der Waals surface area contributed by atoms with Crippen LogP contribution in [0.3, 0.4) is 0 Å². The molecule has 1 unspecified atom stereocenters. The number of aromatic hydroxyl groups is 1. The van der Waals surface area contributed by atoms with Crippen LogP contribution in [-0.4, -0.2) is 63.8 Å². The summed E-state index contributed by atoms with van der Waals surface area (Å²) in [4.78, 5) is 42.0. The highest BCUT2D eigenvalue weighted by molar-refractivity contribution is 5.99. The van der Waals surface area contributed by atoms with E-state index in [1.807, 2.05) is 32.0 Å². The van der Waals surface area contributed by atoms with Gasteiger partial charge in [-0.1, -0.05) is 44.2 Å². The lowest BCUT2D eigenvalue weighted by Crippen LogP contribution is -2.53. The van der Waals surface area contributed by atoms with E-state index in [-0.39, 0.29) is 17.8 Å². The van der Waals surface area contributed by atoms with Crippen molar-refractivity contribution in [1.29, 1.82) is 0 Å². The average Bonchev–Trinajstić information content (AvgIpc) is 2.88. The van der Waals surface area contributed by atoms with Crippen LogP contribution < -0.4 is 5.43 Å². The molecule has 0 spiro atoms. The van der Waals surface area contributed by atoms with Crippen molar-refractivity contribution in [3.8, 4) is 5.75 Å². The van der Waals surface area contributed by atoms with E-state index in [1.165, 1.54) is 21.2 Å². The molecular weight excluding hydrogens is 434 g/mol. The van der Waals surface area contributed by atoms with Crippen LogP contribution in [0.2, 0.25) is 0 Å². The van der Waals surface area contributed by atoms with E-state index in [4.69, 9.17) is 4.74 Å². The Morgan fingerprint density at radius 3 is 2.50 bits per heavy atom. The molecule has 5 rings (SSSR count). The zero-order valence-corrected chi connectivity index (χ0v) is 19.9. The van der Waals surface area contributed by atoms with Crippen LogP contribution in [0, 0.1) is 5.92 Å². The molecule has 0 radical (unpaired) electrons. The van der Waals surface area contributed by atoms with Crippen LogP contribution in [0.25, 0.3) is 0 Å². The van der Waals surface area contributed by atoms with Crippen molar-refractivity contribution in [3.63, 3.8) is 0 Å². The third kappa shape index (κ3) is 4.59. The second-order valence-electron chi connectivity index (χ2n) is 8.82. The molecule has 1 aromatic heterocycles. The number of piperidine rings is 1. The predicted molar refractivity (Wildman–Crippen MR) is 128 cm³/mol. The zero-order chi connectivity index (χ0) is 24.2. The summed E-state index contributed by atoms with van der Waals surface area (Å²) in [5, 5.41) is 10.5. The van der Waals surface area contributed by atoms with Gasteiger partial charge in [0.1, 0.15) is 5.56 Å². The SMILES string of the molecule is CC.O=C(c1cn2c(c(O)c1=O)C(=O)N1CCCOC1C2)N1CCC(Cc2ccccc2)CC1. The van der Waals surface area contributed by atoms with E-state index in [0.29, 0.717) is 38.6 Å². The number of ether oxygens (including phenoxy) is 1. The molecule has 0 aliphatic carbocycles. The molecule has 34 heavy (non-hydrogen) atoms. The fourth-order valence-electron chi connectivity index (χ4n) is 5.00. The fourth-order valence-corrected chi connectivity index (χ4v) is 5.00.